The molecule has 22 heavy (non-hydrogen) atoms. The number of hydrogen-bond acceptors (Lipinski definition) is 6. The van der Waals surface area contributed by atoms with Gasteiger partial charge in [0.15, 0.2) is 0 Å². The Kier molecular flexibility index (Phi) is 3.72. The number of hydrogen-bond donors (Lipinski definition) is 2. The lowest BCUT2D eigenvalue weighted by atomic mass is 9.97. The molecule has 0 radical (unpaired) electrons. The average Bonchev–Trinajstić information content (AvgIpc) is 2.94. The van der Waals surface area contributed by atoms with Crippen LogP contribution in [-0.4, -0.2) is 27.3 Å². The van der Waals surface area contributed by atoms with Crippen LogP contribution in [-0.2, 0) is 9.53 Å². The molecular weight excluding hydrogens is 306 g/mol. The third kappa shape index (κ3) is 2.39. The summed E-state index contributed by atoms with van der Waals surface area (Å²) in [6.07, 6.45) is 1.40. The molecule has 1 aromatic heterocycles. The number of ether oxygens (including phenoxy) is 1. The van der Waals surface area contributed by atoms with Gasteiger partial charge in [0.1, 0.15) is 23.8 Å². The van der Waals surface area contributed by atoms with Crippen molar-refractivity contribution in [2.45, 2.75) is 13.0 Å². The van der Waals surface area contributed by atoms with Gasteiger partial charge in [-0.2, -0.15) is 10.1 Å². The first-order chi connectivity index (χ1) is 10.6. The smallest absolute Gasteiger partial charge is 0.340 e. The second-order valence-corrected chi connectivity index (χ2v) is 5.09. The number of nitrogens with one attached hydrogen (secondary N) is 1. The summed E-state index contributed by atoms with van der Waals surface area (Å²) in [5.41, 5.74) is 7.10. The quantitative estimate of drug-likeness (QED) is 0.836. The topological polar surface area (TPSA) is 95.1 Å². The molecule has 0 saturated heterocycles. The number of nitrogens with zero attached hydrogens (tertiary/aromatic N) is 3. The Labute approximate surface area is 131 Å². The second kappa shape index (κ2) is 5.69. The van der Waals surface area contributed by atoms with Crippen molar-refractivity contribution in [1.82, 2.24) is 14.8 Å². The van der Waals surface area contributed by atoms with Gasteiger partial charge < -0.3 is 15.8 Å². The van der Waals surface area contributed by atoms with Crippen molar-refractivity contribution >= 4 is 23.5 Å². The predicted molar refractivity (Wildman–Crippen MR) is 81.1 cm³/mol. The molecule has 2 heterocycles. The summed E-state index contributed by atoms with van der Waals surface area (Å²) in [5.74, 6) is 0.179. The van der Waals surface area contributed by atoms with Crippen LogP contribution in [0.1, 0.15) is 18.5 Å². The van der Waals surface area contributed by atoms with E-state index >= 15 is 0 Å². The van der Waals surface area contributed by atoms with Crippen LogP contribution in [0.3, 0.4) is 0 Å². The fraction of sp³-hybridized carbons (Fsp3) is 0.214. The first kappa shape index (κ1) is 14.4. The molecule has 0 bridgehead atoms. The molecule has 1 aliphatic rings. The average molecular weight is 320 g/mol. The van der Waals surface area contributed by atoms with Crippen molar-refractivity contribution in [1.29, 1.82) is 0 Å². The minimum atomic E-state index is -0.518. The van der Waals surface area contributed by atoms with Gasteiger partial charge in [-0.05, 0) is 24.6 Å². The molecule has 3 N–H and O–H groups in total. The van der Waals surface area contributed by atoms with Crippen molar-refractivity contribution in [2.24, 2.45) is 5.73 Å². The number of benzene rings is 1. The van der Waals surface area contributed by atoms with Gasteiger partial charge in [-0.25, -0.2) is 9.48 Å². The third-order valence-corrected chi connectivity index (χ3v) is 3.56. The van der Waals surface area contributed by atoms with E-state index in [4.69, 9.17) is 22.1 Å². The first-order valence-electron chi connectivity index (χ1n) is 6.70. The van der Waals surface area contributed by atoms with Crippen LogP contribution >= 0.6 is 11.6 Å². The zero-order chi connectivity index (χ0) is 15.7. The summed E-state index contributed by atoms with van der Waals surface area (Å²) in [4.78, 5) is 16.4. The van der Waals surface area contributed by atoms with Gasteiger partial charge >= 0.3 is 5.97 Å². The SMILES string of the molecule is CCOC(=O)C1=C(N)Nc2ncnn2C1c1ccc(Cl)cc1. The summed E-state index contributed by atoms with van der Waals surface area (Å²) in [5, 5.41) is 7.64. The number of anilines is 1. The van der Waals surface area contributed by atoms with E-state index in [0.29, 0.717) is 16.5 Å². The summed E-state index contributed by atoms with van der Waals surface area (Å²) in [7, 11) is 0. The normalized spacial score (nSPS) is 16.9. The predicted octanol–water partition coefficient (Wildman–Crippen LogP) is 1.68. The number of nitrogens with two attached hydrogens (primary N) is 1. The monoisotopic (exact) mass is 319 g/mol. The van der Waals surface area contributed by atoms with Crippen molar-refractivity contribution in [2.75, 3.05) is 11.9 Å². The van der Waals surface area contributed by atoms with Crippen LogP contribution in [0.15, 0.2) is 42.0 Å². The van der Waals surface area contributed by atoms with Crippen molar-refractivity contribution < 1.29 is 9.53 Å². The molecule has 2 aromatic rings. The molecule has 0 aliphatic carbocycles. The third-order valence-electron chi connectivity index (χ3n) is 3.31. The molecule has 0 spiro atoms. The van der Waals surface area contributed by atoms with Crippen LogP contribution in [0.5, 0.6) is 0 Å². The van der Waals surface area contributed by atoms with Gasteiger partial charge in [-0.1, -0.05) is 23.7 Å². The van der Waals surface area contributed by atoms with E-state index in [1.54, 1.807) is 23.7 Å². The van der Waals surface area contributed by atoms with E-state index in [1.165, 1.54) is 6.33 Å². The molecule has 1 unspecified atom stereocenters. The highest BCUT2D eigenvalue weighted by Crippen LogP contribution is 2.34. The minimum Gasteiger partial charge on any atom is -0.462 e. The van der Waals surface area contributed by atoms with Crippen molar-refractivity contribution in [3.05, 3.63) is 52.6 Å². The van der Waals surface area contributed by atoms with E-state index < -0.39 is 12.0 Å². The molecule has 8 heteroatoms. The van der Waals surface area contributed by atoms with Crippen LogP contribution < -0.4 is 11.1 Å². The highest BCUT2D eigenvalue weighted by molar-refractivity contribution is 6.30. The Bertz CT molecular complexity index is 738. The second-order valence-electron chi connectivity index (χ2n) is 4.66. The fourth-order valence-electron chi connectivity index (χ4n) is 2.37. The van der Waals surface area contributed by atoms with Gasteiger partial charge in [-0.3, -0.25) is 0 Å². The van der Waals surface area contributed by atoms with E-state index in [1.807, 2.05) is 12.1 Å². The summed E-state index contributed by atoms with van der Waals surface area (Å²) >= 11 is 5.93. The molecule has 3 rings (SSSR count). The minimum absolute atomic E-state index is 0.207. The lowest BCUT2D eigenvalue weighted by molar-refractivity contribution is -0.139. The van der Waals surface area contributed by atoms with E-state index in [-0.39, 0.29) is 12.4 Å². The molecular formula is C14H14ClN5O2. The number of fused-ring (bicyclic) bond motifs is 1. The Morgan fingerprint density at radius 3 is 2.86 bits per heavy atom. The number of halogens is 1. The van der Waals surface area contributed by atoms with Gasteiger partial charge in [0.05, 0.1) is 6.61 Å². The molecule has 7 nitrogen and oxygen atoms in total. The molecule has 114 valence electrons. The summed E-state index contributed by atoms with van der Waals surface area (Å²) < 4.78 is 6.70. The number of carbonyl (C=O) groups is 1. The Morgan fingerprint density at radius 2 is 2.18 bits per heavy atom. The van der Waals surface area contributed by atoms with Gasteiger partial charge in [0.2, 0.25) is 5.95 Å². The highest BCUT2D eigenvalue weighted by Gasteiger charge is 2.34. The largest absolute Gasteiger partial charge is 0.462 e. The van der Waals surface area contributed by atoms with Crippen LogP contribution in [0.4, 0.5) is 5.95 Å². The lowest BCUT2D eigenvalue weighted by Crippen LogP contribution is -2.33. The summed E-state index contributed by atoms with van der Waals surface area (Å²) in [6, 6.07) is 6.60. The van der Waals surface area contributed by atoms with Crippen molar-refractivity contribution in [3.8, 4) is 0 Å². The maximum absolute atomic E-state index is 12.3. The van der Waals surface area contributed by atoms with Crippen LogP contribution in [0, 0.1) is 0 Å². The number of esters is 1. The Balaban J connectivity index is 2.13. The molecule has 0 fully saturated rings. The van der Waals surface area contributed by atoms with E-state index in [2.05, 4.69) is 15.4 Å². The maximum atomic E-state index is 12.3. The molecule has 0 amide bonds. The number of rotatable bonds is 3. The Morgan fingerprint density at radius 1 is 1.45 bits per heavy atom. The lowest BCUT2D eigenvalue weighted by Gasteiger charge is -2.27. The zero-order valence-electron chi connectivity index (χ0n) is 11.8. The number of aromatic nitrogens is 3. The zero-order valence-corrected chi connectivity index (χ0v) is 12.5. The fourth-order valence-corrected chi connectivity index (χ4v) is 2.50. The Hall–Kier alpha value is -2.54. The molecule has 1 aromatic carbocycles. The maximum Gasteiger partial charge on any atom is 0.340 e. The van der Waals surface area contributed by atoms with E-state index in [9.17, 15) is 4.79 Å². The molecule has 0 saturated carbocycles. The first-order valence-corrected chi connectivity index (χ1v) is 7.08. The highest BCUT2D eigenvalue weighted by atomic mass is 35.5. The van der Waals surface area contributed by atoms with Crippen LogP contribution in [0.2, 0.25) is 5.02 Å². The van der Waals surface area contributed by atoms with E-state index in [0.717, 1.165) is 5.56 Å². The van der Waals surface area contributed by atoms with Crippen LogP contribution in [0.25, 0.3) is 0 Å². The molecule has 1 atom stereocenters. The van der Waals surface area contributed by atoms with Gasteiger partial charge in [0.25, 0.3) is 0 Å². The van der Waals surface area contributed by atoms with Crippen molar-refractivity contribution in [3.63, 3.8) is 0 Å². The van der Waals surface area contributed by atoms with Gasteiger partial charge in [0, 0.05) is 5.02 Å². The molecule has 1 aliphatic heterocycles. The standard InChI is InChI=1S/C14H14ClN5O2/c1-2-22-13(21)10-11(8-3-5-9(15)6-4-8)20-14(17-7-18-20)19-12(10)16/h3-7,11H,2,16H2,1H3,(H,17,18,19). The number of carbonyl (C=O) groups excluding carboxylic acids is 1. The summed E-state index contributed by atoms with van der Waals surface area (Å²) in [6.45, 7) is 2.00. The van der Waals surface area contributed by atoms with Gasteiger partial charge in [-0.15, -0.1) is 0 Å².